The summed E-state index contributed by atoms with van der Waals surface area (Å²) in [5.74, 6) is -0.552. The first-order chi connectivity index (χ1) is 9.99. The van der Waals surface area contributed by atoms with Crippen LogP contribution >= 0.6 is 0 Å². The Balaban J connectivity index is 1.76. The quantitative estimate of drug-likeness (QED) is 0.894. The Morgan fingerprint density at radius 1 is 1.52 bits per heavy atom. The number of carbonyl (C=O) groups is 2. The van der Waals surface area contributed by atoms with E-state index in [2.05, 4.69) is 10.2 Å². The summed E-state index contributed by atoms with van der Waals surface area (Å²) in [4.78, 5) is 25.1. The Labute approximate surface area is 120 Å². The van der Waals surface area contributed by atoms with Gasteiger partial charge in [-0.15, -0.1) is 0 Å². The molecule has 1 amide bonds. The molecular weight excluding hydrogens is 274 g/mol. The van der Waals surface area contributed by atoms with E-state index in [1.165, 1.54) is 11.2 Å². The molecule has 1 atom stereocenters. The van der Waals surface area contributed by atoms with Crippen molar-refractivity contribution in [3.05, 3.63) is 30.2 Å². The van der Waals surface area contributed by atoms with Crippen LogP contribution in [0.4, 0.5) is 0 Å². The number of nitrogens with zero attached hydrogens (tertiary/aromatic N) is 2. The molecule has 1 unspecified atom stereocenters. The van der Waals surface area contributed by atoms with E-state index in [4.69, 9.17) is 4.42 Å². The van der Waals surface area contributed by atoms with Gasteiger partial charge in [-0.25, -0.2) is 0 Å². The number of H-pyrrole nitrogens is 1. The number of amides is 1. The fraction of sp³-hybridized carbons (Fsp3) is 0.357. The molecule has 0 aromatic carbocycles. The average molecular weight is 289 g/mol. The normalized spacial score (nSPS) is 21.7. The molecule has 2 N–H and O–H groups in total. The fourth-order valence-corrected chi connectivity index (χ4v) is 2.46. The molecule has 3 heterocycles. The fourth-order valence-electron chi connectivity index (χ4n) is 2.46. The van der Waals surface area contributed by atoms with Crippen LogP contribution in [-0.2, 0) is 4.79 Å². The molecule has 21 heavy (non-hydrogen) atoms. The molecule has 7 heteroatoms. The molecule has 1 aliphatic rings. The summed E-state index contributed by atoms with van der Waals surface area (Å²) < 4.78 is 5.23. The van der Waals surface area contributed by atoms with Crippen LogP contribution in [0.25, 0.3) is 11.5 Å². The number of likely N-dealkylation sites (tertiary alicyclic amines) is 1. The van der Waals surface area contributed by atoms with Crippen molar-refractivity contribution in [2.24, 2.45) is 5.41 Å². The number of hydrogen-bond acceptors (Lipinski definition) is 4. The van der Waals surface area contributed by atoms with Gasteiger partial charge in [0, 0.05) is 19.2 Å². The predicted molar refractivity (Wildman–Crippen MR) is 72.6 cm³/mol. The van der Waals surface area contributed by atoms with Gasteiger partial charge in [-0.1, -0.05) is 0 Å². The summed E-state index contributed by atoms with van der Waals surface area (Å²) in [6, 6.07) is 5.12. The highest BCUT2D eigenvalue weighted by Gasteiger charge is 2.42. The number of carboxylic acids is 1. The lowest BCUT2D eigenvalue weighted by atomic mass is 9.90. The number of furan rings is 1. The zero-order valence-corrected chi connectivity index (χ0v) is 11.5. The van der Waals surface area contributed by atoms with Crippen molar-refractivity contribution in [2.75, 3.05) is 13.1 Å². The molecule has 3 rings (SSSR count). The molecule has 0 spiro atoms. The second kappa shape index (κ2) is 4.76. The monoisotopic (exact) mass is 289 g/mol. The van der Waals surface area contributed by atoms with Crippen LogP contribution in [-0.4, -0.2) is 45.2 Å². The van der Waals surface area contributed by atoms with Gasteiger partial charge < -0.3 is 14.4 Å². The summed E-state index contributed by atoms with van der Waals surface area (Å²) in [6.07, 6.45) is 1.99. The minimum Gasteiger partial charge on any atom is -0.481 e. The summed E-state index contributed by atoms with van der Waals surface area (Å²) in [5, 5.41) is 15.9. The second-order valence-electron chi connectivity index (χ2n) is 5.49. The van der Waals surface area contributed by atoms with Crippen molar-refractivity contribution in [2.45, 2.75) is 13.3 Å². The van der Waals surface area contributed by atoms with E-state index in [-0.39, 0.29) is 18.1 Å². The lowest BCUT2D eigenvalue weighted by Gasteiger charge is -2.19. The number of aliphatic carboxylic acids is 1. The molecule has 7 nitrogen and oxygen atoms in total. The lowest BCUT2D eigenvalue weighted by Crippen LogP contribution is -2.35. The molecule has 1 aliphatic heterocycles. The highest BCUT2D eigenvalue weighted by atomic mass is 16.4. The zero-order valence-electron chi connectivity index (χ0n) is 11.5. The van der Waals surface area contributed by atoms with E-state index in [1.807, 2.05) is 0 Å². The first-order valence-corrected chi connectivity index (χ1v) is 6.61. The van der Waals surface area contributed by atoms with E-state index < -0.39 is 11.4 Å². The van der Waals surface area contributed by atoms with Gasteiger partial charge in [-0.05, 0) is 25.5 Å². The minimum absolute atomic E-state index is 0.199. The summed E-state index contributed by atoms with van der Waals surface area (Å²) in [5.41, 5.74) is -0.00455. The van der Waals surface area contributed by atoms with Gasteiger partial charge >= 0.3 is 5.97 Å². The van der Waals surface area contributed by atoms with Gasteiger partial charge in [-0.2, -0.15) is 5.10 Å². The van der Waals surface area contributed by atoms with Crippen LogP contribution in [0.2, 0.25) is 0 Å². The standard InChI is InChI=1S/C14H15N3O4/c1-14(13(19)20)4-5-17(8-14)12(18)10-7-9(15-16-10)11-3-2-6-21-11/h2-3,6-7H,4-5,8H2,1H3,(H,15,16)(H,19,20). The van der Waals surface area contributed by atoms with Gasteiger partial charge in [0.25, 0.3) is 5.91 Å². The van der Waals surface area contributed by atoms with Crippen molar-refractivity contribution in [3.8, 4) is 11.5 Å². The van der Waals surface area contributed by atoms with E-state index in [0.29, 0.717) is 24.4 Å². The first-order valence-electron chi connectivity index (χ1n) is 6.61. The van der Waals surface area contributed by atoms with Crippen LogP contribution in [0.5, 0.6) is 0 Å². The summed E-state index contributed by atoms with van der Waals surface area (Å²) in [6.45, 7) is 2.27. The number of rotatable bonds is 3. The number of aromatic nitrogens is 2. The van der Waals surface area contributed by atoms with E-state index in [0.717, 1.165) is 0 Å². The molecular formula is C14H15N3O4. The molecule has 1 fully saturated rings. The van der Waals surface area contributed by atoms with Crippen LogP contribution in [0.15, 0.2) is 28.9 Å². The maximum atomic E-state index is 12.4. The second-order valence-corrected chi connectivity index (χ2v) is 5.49. The third-order valence-corrected chi connectivity index (χ3v) is 3.86. The molecule has 0 aliphatic carbocycles. The molecule has 2 aromatic rings. The summed E-state index contributed by atoms with van der Waals surface area (Å²) in [7, 11) is 0. The first kappa shape index (κ1) is 13.4. The Morgan fingerprint density at radius 3 is 2.95 bits per heavy atom. The van der Waals surface area contributed by atoms with Crippen LogP contribution in [0, 0.1) is 5.41 Å². The Morgan fingerprint density at radius 2 is 2.33 bits per heavy atom. The molecule has 0 radical (unpaired) electrons. The van der Waals surface area contributed by atoms with Gasteiger partial charge in [0.2, 0.25) is 0 Å². The third-order valence-electron chi connectivity index (χ3n) is 3.86. The molecule has 1 saturated heterocycles. The molecule has 2 aromatic heterocycles. The Bertz CT molecular complexity index is 676. The number of nitrogens with one attached hydrogen (secondary N) is 1. The van der Waals surface area contributed by atoms with Gasteiger partial charge in [0.15, 0.2) is 11.5 Å². The lowest BCUT2D eigenvalue weighted by molar-refractivity contribution is -0.147. The van der Waals surface area contributed by atoms with Gasteiger partial charge in [-0.3, -0.25) is 14.7 Å². The van der Waals surface area contributed by atoms with Crippen molar-refractivity contribution >= 4 is 11.9 Å². The van der Waals surface area contributed by atoms with Crippen molar-refractivity contribution < 1.29 is 19.1 Å². The minimum atomic E-state index is -0.879. The van der Waals surface area contributed by atoms with Crippen molar-refractivity contribution in [1.29, 1.82) is 0 Å². The van der Waals surface area contributed by atoms with E-state index >= 15 is 0 Å². The van der Waals surface area contributed by atoms with Gasteiger partial charge in [0.1, 0.15) is 5.69 Å². The maximum Gasteiger partial charge on any atom is 0.311 e. The third kappa shape index (κ3) is 2.31. The molecule has 0 saturated carbocycles. The van der Waals surface area contributed by atoms with Crippen LogP contribution < -0.4 is 0 Å². The maximum absolute atomic E-state index is 12.4. The van der Waals surface area contributed by atoms with Crippen LogP contribution in [0.1, 0.15) is 23.8 Å². The largest absolute Gasteiger partial charge is 0.481 e. The van der Waals surface area contributed by atoms with E-state index in [9.17, 15) is 14.7 Å². The molecule has 0 bridgehead atoms. The number of carboxylic acid groups (broad SMARTS) is 1. The Kier molecular flexibility index (Phi) is 3.04. The highest BCUT2D eigenvalue weighted by molar-refractivity contribution is 5.94. The molecule has 110 valence electrons. The summed E-state index contributed by atoms with van der Waals surface area (Å²) >= 11 is 0. The highest BCUT2D eigenvalue weighted by Crippen LogP contribution is 2.31. The number of aromatic amines is 1. The van der Waals surface area contributed by atoms with E-state index in [1.54, 1.807) is 25.1 Å². The SMILES string of the molecule is CC1(C(=O)O)CCN(C(=O)c2cc(-c3ccco3)[nH]n2)C1. The predicted octanol–water partition coefficient (Wildman–Crippen LogP) is 1.61. The Hall–Kier alpha value is -2.57. The average Bonchev–Trinajstić information content (AvgIpc) is 3.18. The van der Waals surface area contributed by atoms with Gasteiger partial charge in [0.05, 0.1) is 11.7 Å². The number of hydrogen-bond donors (Lipinski definition) is 2. The zero-order chi connectivity index (χ0) is 15.0. The number of carbonyl (C=O) groups excluding carboxylic acids is 1. The van der Waals surface area contributed by atoms with Crippen molar-refractivity contribution in [3.63, 3.8) is 0 Å². The van der Waals surface area contributed by atoms with Crippen LogP contribution in [0.3, 0.4) is 0 Å². The smallest absolute Gasteiger partial charge is 0.311 e. The topological polar surface area (TPSA) is 99.4 Å². The van der Waals surface area contributed by atoms with Crippen molar-refractivity contribution in [1.82, 2.24) is 15.1 Å².